The summed E-state index contributed by atoms with van der Waals surface area (Å²) in [6.07, 6.45) is 0. The highest BCUT2D eigenvalue weighted by molar-refractivity contribution is 6.16. The van der Waals surface area contributed by atoms with Gasteiger partial charge < -0.3 is 15.2 Å². The van der Waals surface area contributed by atoms with E-state index in [0.717, 1.165) is 49.0 Å². The quantitative estimate of drug-likeness (QED) is 0.192. The van der Waals surface area contributed by atoms with Gasteiger partial charge >= 0.3 is 0 Å². The zero-order valence-electron chi connectivity index (χ0n) is 18.4. The number of benzene rings is 6. The first-order chi connectivity index (χ1) is 17.0. The molecule has 0 aliphatic heterocycles. The lowest BCUT2D eigenvalue weighted by atomic mass is 9.92. The van der Waals surface area contributed by atoms with E-state index in [9.17, 15) is 15.0 Å². The third-order valence-electron chi connectivity index (χ3n) is 6.70. The van der Waals surface area contributed by atoms with E-state index in [2.05, 4.69) is 23.2 Å². The van der Waals surface area contributed by atoms with Crippen LogP contribution in [0.3, 0.4) is 0 Å². The topological polar surface area (TPSA) is 86.2 Å². The van der Waals surface area contributed by atoms with E-state index in [1.807, 2.05) is 36.4 Å². The second-order valence-corrected chi connectivity index (χ2v) is 8.85. The van der Waals surface area contributed by atoms with Crippen LogP contribution in [0.5, 0.6) is 11.5 Å². The minimum absolute atomic E-state index is 0.0923. The second-order valence-electron chi connectivity index (χ2n) is 8.85. The minimum Gasteiger partial charge on any atom is -0.508 e. The van der Waals surface area contributed by atoms with Crippen LogP contribution < -0.4 is 5.43 Å². The number of phenols is 2. The molecule has 166 valence electrons. The van der Waals surface area contributed by atoms with E-state index >= 15 is 0 Å². The van der Waals surface area contributed by atoms with Gasteiger partial charge in [-0.25, -0.2) is 4.98 Å². The molecule has 7 aromatic rings. The third-order valence-corrected chi connectivity index (χ3v) is 6.70. The molecular formula is C30H18N2O3. The third kappa shape index (κ3) is 2.95. The Labute approximate surface area is 198 Å². The van der Waals surface area contributed by atoms with Gasteiger partial charge in [-0.15, -0.1) is 0 Å². The summed E-state index contributed by atoms with van der Waals surface area (Å²) < 4.78 is 0. The maximum absolute atomic E-state index is 12.4. The first-order valence-electron chi connectivity index (χ1n) is 11.3. The number of H-pyrrole nitrogens is 1. The Morgan fingerprint density at radius 2 is 1.46 bits per heavy atom. The number of nitrogens with zero attached hydrogens (tertiary/aromatic N) is 1. The maximum atomic E-state index is 12.4. The molecule has 0 aliphatic carbocycles. The lowest BCUT2D eigenvalue weighted by Crippen LogP contribution is -1.98. The van der Waals surface area contributed by atoms with E-state index in [1.165, 1.54) is 6.07 Å². The van der Waals surface area contributed by atoms with Crippen LogP contribution in [-0.2, 0) is 0 Å². The van der Waals surface area contributed by atoms with Gasteiger partial charge in [-0.05, 0) is 87.1 Å². The lowest BCUT2D eigenvalue weighted by Gasteiger charge is -2.15. The average Bonchev–Trinajstić information content (AvgIpc) is 2.86. The van der Waals surface area contributed by atoms with Crippen LogP contribution in [0.15, 0.2) is 95.8 Å². The molecule has 3 N–H and O–H groups in total. The van der Waals surface area contributed by atoms with Crippen molar-refractivity contribution in [1.82, 2.24) is 9.97 Å². The highest BCUT2D eigenvalue weighted by atomic mass is 16.3. The normalized spacial score (nSPS) is 11.8. The molecule has 0 unspecified atom stereocenters. The first kappa shape index (κ1) is 19.6. The van der Waals surface area contributed by atoms with E-state index in [0.29, 0.717) is 16.5 Å². The van der Waals surface area contributed by atoms with E-state index in [1.54, 1.807) is 30.3 Å². The molecular weight excluding hydrogens is 436 g/mol. The zero-order valence-corrected chi connectivity index (χ0v) is 18.4. The van der Waals surface area contributed by atoms with Crippen LogP contribution in [0.2, 0.25) is 0 Å². The Morgan fingerprint density at radius 1 is 0.657 bits per heavy atom. The number of aromatic hydroxyl groups is 2. The van der Waals surface area contributed by atoms with Gasteiger partial charge in [-0.3, -0.25) is 4.79 Å². The number of aromatic amines is 1. The molecule has 0 amide bonds. The van der Waals surface area contributed by atoms with Crippen molar-refractivity contribution in [2.75, 3.05) is 0 Å². The van der Waals surface area contributed by atoms with Crippen molar-refractivity contribution in [2.45, 2.75) is 0 Å². The van der Waals surface area contributed by atoms with Crippen LogP contribution >= 0.6 is 0 Å². The summed E-state index contributed by atoms with van der Waals surface area (Å²) in [6, 6.07) is 27.6. The first-order valence-corrected chi connectivity index (χ1v) is 11.3. The van der Waals surface area contributed by atoms with Gasteiger partial charge in [0, 0.05) is 10.9 Å². The molecule has 6 aromatic carbocycles. The Bertz CT molecular complexity index is 2050. The van der Waals surface area contributed by atoms with Crippen LogP contribution in [-0.4, -0.2) is 20.2 Å². The summed E-state index contributed by atoms with van der Waals surface area (Å²) in [7, 11) is 0. The lowest BCUT2D eigenvalue weighted by molar-refractivity contribution is 0.475. The summed E-state index contributed by atoms with van der Waals surface area (Å²) in [5.74, 6) is 0.206. The SMILES string of the molecule is O=c1ccc2c(-c3c(O)ccc4ccc(O)cc34)cc3[nH]c4cc5ccccc5cc4nc3c2c1. The van der Waals surface area contributed by atoms with Gasteiger partial charge in [0.05, 0.1) is 22.1 Å². The van der Waals surface area contributed by atoms with Crippen molar-refractivity contribution in [3.05, 3.63) is 101 Å². The molecule has 35 heavy (non-hydrogen) atoms. The predicted molar refractivity (Wildman–Crippen MR) is 141 cm³/mol. The van der Waals surface area contributed by atoms with Gasteiger partial charge in [0.25, 0.3) is 0 Å². The Hall–Kier alpha value is -4.90. The van der Waals surface area contributed by atoms with Crippen molar-refractivity contribution < 1.29 is 10.2 Å². The second kappa shape index (κ2) is 7.05. The molecule has 0 spiro atoms. The summed E-state index contributed by atoms with van der Waals surface area (Å²) in [5.41, 5.74) is 4.34. The fourth-order valence-electron chi connectivity index (χ4n) is 5.08. The summed E-state index contributed by atoms with van der Waals surface area (Å²) >= 11 is 0. The highest BCUT2D eigenvalue weighted by Crippen LogP contribution is 2.42. The summed E-state index contributed by atoms with van der Waals surface area (Å²) in [6.45, 7) is 0. The molecule has 1 aromatic heterocycles. The van der Waals surface area contributed by atoms with Crippen molar-refractivity contribution in [2.24, 2.45) is 0 Å². The molecule has 0 aliphatic rings. The van der Waals surface area contributed by atoms with Crippen molar-refractivity contribution in [3.8, 4) is 22.6 Å². The number of fused-ring (bicyclic) bond motifs is 6. The smallest absolute Gasteiger partial charge is 0.179 e. The predicted octanol–water partition coefficient (Wildman–Crippen LogP) is 6.61. The minimum atomic E-state index is -0.115. The van der Waals surface area contributed by atoms with Gasteiger partial charge in [-0.2, -0.15) is 0 Å². The molecule has 0 fully saturated rings. The number of phenolic OH excluding ortho intramolecular Hbond substituents is 2. The van der Waals surface area contributed by atoms with Gasteiger partial charge in [-0.1, -0.05) is 36.4 Å². The molecule has 1 heterocycles. The Morgan fingerprint density at radius 3 is 2.31 bits per heavy atom. The number of nitrogens with one attached hydrogen (secondary N) is 1. The van der Waals surface area contributed by atoms with Crippen molar-refractivity contribution in [3.63, 3.8) is 0 Å². The summed E-state index contributed by atoms with van der Waals surface area (Å²) in [4.78, 5) is 20.9. The van der Waals surface area contributed by atoms with Gasteiger partial charge in [0.15, 0.2) is 5.43 Å². The molecule has 0 saturated carbocycles. The molecule has 0 atom stereocenters. The van der Waals surface area contributed by atoms with Gasteiger partial charge in [0.2, 0.25) is 0 Å². The largest absolute Gasteiger partial charge is 0.508 e. The monoisotopic (exact) mass is 454 g/mol. The Kier molecular flexibility index (Phi) is 3.94. The van der Waals surface area contributed by atoms with E-state index in [-0.39, 0.29) is 16.9 Å². The van der Waals surface area contributed by atoms with Crippen molar-refractivity contribution in [1.29, 1.82) is 0 Å². The summed E-state index contributed by atoms with van der Waals surface area (Å²) in [5, 5.41) is 26.4. The Balaban J connectivity index is 1.66. The fraction of sp³-hybridized carbons (Fsp3) is 0. The van der Waals surface area contributed by atoms with Crippen LogP contribution in [0.4, 0.5) is 0 Å². The fourth-order valence-corrected chi connectivity index (χ4v) is 5.08. The van der Waals surface area contributed by atoms with Gasteiger partial charge in [0.1, 0.15) is 11.5 Å². The number of rotatable bonds is 1. The molecule has 7 rings (SSSR count). The molecule has 0 saturated heterocycles. The van der Waals surface area contributed by atoms with E-state index in [4.69, 9.17) is 4.98 Å². The van der Waals surface area contributed by atoms with Crippen LogP contribution in [0.1, 0.15) is 0 Å². The molecule has 5 heteroatoms. The maximum Gasteiger partial charge on any atom is 0.179 e. The standard InChI is InChI=1S/C30H18N2O3/c33-19-7-5-16-6-10-28(35)29(22(16)13-19)23-15-27-30(24-14-20(34)8-9-21(23)24)32-26-12-18-4-2-1-3-17(18)11-25(26)31-27/h1-15,31,33,35H. The van der Waals surface area contributed by atoms with Crippen LogP contribution in [0.25, 0.3) is 65.5 Å². The zero-order chi connectivity index (χ0) is 23.7. The molecule has 5 nitrogen and oxygen atoms in total. The highest BCUT2D eigenvalue weighted by Gasteiger charge is 2.17. The molecule has 0 radical (unpaired) electrons. The van der Waals surface area contributed by atoms with Crippen LogP contribution in [0, 0.1) is 0 Å². The average molecular weight is 454 g/mol. The number of hydrogen-bond donors (Lipinski definition) is 3. The van der Waals surface area contributed by atoms with Crippen molar-refractivity contribution >= 4 is 54.4 Å². The number of aromatic nitrogens is 2. The number of hydrogen-bond acceptors (Lipinski definition) is 4. The molecule has 0 bridgehead atoms. The van der Waals surface area contributed by atoms with E-state index < -0.39 is 0 Å².